The molecule has 3 aromatic carbocycles. The lowest BCUT2D eigenvalue weighted by Gasteiger charge is -2.35. The van der Waals surface area contributed by atoms with Gasteiger partial charge in [-0.2, -0.15) is 0 Å². The largest absolute Gasteiger partial charge is 0.597 e. The average Bonchev–Trinajstić information content (AvgIpc) is 2.89. The summed E-state index contributed by atoms with van der Waals surface area (Å²) in [7, 11) is 0. The van der Waals surface area contributed by atoms with Gasteiger partial charge in [0.25, 0.3) is 0 Å². The van der Waals surface area contributed by atoms with Crippen LogP contribution in [0.1, 0.15) is 16.7 Å². The molecule has 22 heteroatoms. The molecule has 0 spiro atoms. The van der Waals surface area contributed by atoms with Gasteiger partial charge in [-0.1, -0.05) is 0 Å². The summed E-state index contributed by atoms with van der Waals surface area (Å²) in [6.45, 7) is 0. The Balaban J connectivity index is 2.64. The number of hydrogen-bond donors (Lipinski definition) is 0. The quantitative estimate of drug-likeness (QED) is 0.106. The van der Waals surface area contributed by atoms with Crippen molar-refractivity contribution in [3.05, 3.63) is 104 Å². The van der Waals surface area contributed by atoms with Crippen molar-refractivity contribution >= 4 is 14.1 Å². The third-order valence-corrected chi connectivity index (χ3v) is 8.76. The van der Waals surface area contributed by atoms with Crippen LogP contribution in [0.25, 0.3) is 0 Å². The Morgan fingerprint density at radius 1 is 0.233 bits per heavy atom. The Morgan fingerprint density at radius 3 is 0.488 bits per heavy atom. The second-order valence-electron chi connectivity index (χ2n) is 8.14. The van der Waals surface area contributed by atoms with E-state index in [9.17, 15) is 65.9 Å². The molecule has 0 N–H and O–H groups in total. The standard InChI is InChI=1S/3C7F7.Al/c3*8-2-1(7(13)14)3(9)5(11)6(12)4(2)10;. The van der Waals surface area contributed by atoms with E-state index in [-0.39, 0.29) is 0 Å². The number of alkyl halides is 6. The maximum Gasteiger partial charge on any atom is 0.597 e. The fourth-order valence-electron chi connectivity index (χ4n) is 3.81. The van der Waals surface area contributed by atoms with Crippen molar-refractivity contribution in [2.45, 2.75) is 14.4 Å². The molecule has 0 nitrogen and oxygen atoms in total. The fraction of sp³-hybridized carbons (Fsp3) is 0.143. The van der Waals surface area contributed by atoms with E-state index in [1.807, 2.05) is 0 Å². The lowest BCUT2D eigenvalue weighted by atomic mass is 10.1. The zero-order valence-electron chi connectivity index (χ0n) is 19.0. The van der Waals surface area contributed by atoms with Crippen LogP contribution in [0.2, 0.25) is 0 Å². The van der Waals surface area contributed by atoms with Crippen LogP contribution in [0.15, 0.2) is 0 Å². The Bertz CT molecular complexity index is 1380. The maximum atomic E-state index is 15.4. The smallest absolute Gasteiger partial charge is 0.221 e. The number of hydrogen-bond acceptors (Lipinski definition) is 0. The molecule has 3 aromatic rings. The topological polar surface area (TPSA) is 0 Å². The van der Waals surface area contributed by atoms with Crippen LogP contribution in [-0.2, 0) is 14.4 Å². The molecule has 43 heavy (non-hydrogen) atoms. The van der Waals surface area contributed by atoms with Gasteiger partial charge in [0, 0.05) is 0 Å². The number of halogens is 21. The third-order valence-electron chi connectivity index (χ3n) is 5.72. The normalized spacial score (nSPS) is 12.8. The minimum atomic E-state index is -8.69. The van der Waals surface area contributed by atoms with Crippen molar-refractivity contribution in [1.29, 1.82) is 0 Å². The lowest BCUT2D eigenvalue weighted by Crippen LogP contribution is -2.60. The summed E-state index contributed by atoms with van der Waals surface area (Å²) >= 11 is -8.69. The van der Waals surface area contributed by atoms with E-state index in [4.69, 9.17) is 0 Å². The average molecular weight is 678 g/mol. The summed E-state index contributed by atoms with van der Waals surface area (Å²) < 4.78 is 300. The lowest BCUT2D eigenvalue weighted by molar-refractivity contribution is -0.0332. The minimum absolute atomic E-state index is 3.36. The van der Waals surface area contributed by atoms with Gasteiger partial charge in [0.2, 0.25) is 31.8 Å². The highest BCUT2D eigenvalue weighted by Crippen LogP contribution is 2.55. The minimum Gasteiger partial charge on any atom is -0.221 e. The van der Waals surface area contributed by atoms with Crippen LogP contribution in [0.3, 0.4) is 0 Å². The van der Waals surface area contributed by atoms with E-state index < -0.39 is 132 Å². The van der Waals surface area contributed by atoms with Crippen molar-refractivity contribution < 1.29 is 92.2 Å². The highest BCUT2D eigenvalue weighted by atomic mass is 27.2. The zero-order valence-corrected chi connectivity index (χ0v) is 20.2. The molecule has 0 heterocycles. The van der Waals surface area contributed by atoms with Crippen molar-refractivity contribution in [3.8, 4) is 0 Å². The monoisotopic (exact) mass is 678 g/mol. The predicted molar refractivity (Wildman–Crippen MR) is 96.1 cm³/mol. The predicted octanol–water partition coefficient (Wildman–Crippen LogP) is 8.56. The van der Waals surface area contributed by atoms with Crippen LogP contribution in [0.5, 0.6) is 0 Å². The molecule has 0 amide bonds. The molecule has 0 aromatic heterocycles. The molecular formula is C21AlF21. The van der Waals surface area contributed by atoms with Gasteiger partial charge < -0.3 is 0 Å². The molecule has 0 aliphatic rings. The number of rotatable bonds is 6. The zero-order chi connectivity index (χ0) is 33.5. The van der Waals surface area contributed by atoms with Crippen molar-refractivity contribution in [2.24, 2.45) is 0 Å². The van der Waals surface area contributed by atoms with E-state index in [0.717, 1.165) is 0 Å². The van der Waals surface area contributed by atoms with E-state index in [0.29, 0.717) is 0 Å². The summed E-state index contributed by atoms with van der Waals surface area (Å²) in [4.78, 5) is -21.7. The van der Waals surface area contributed by atoms with E-state index in [1.165, 1.54) is 0 Å². The summed E-state index contributed by atoms with van der Waals surface area (Å²) in [5.74, 6) is -54.7. The van der Waals surface area contributed by atoms with Gasteiger partial charge in [0.05, 0.1) is 16.7 Å². The SMILES string of the molecule is Fc1c(F)c(F)c([C](F)(F)[Al]([C](F)(F)c2c(F)c(F)c(F)c(F)c2F)[C](F)(F)c2c(F)c(F)c(F)c(F)c2F)c(F)c1F. The van der Waals surface area contributed by atoms with Crippen molar-refractivity contribution in [2.75, 3.05) is 0 Å². The molecule has 0 saturated carbocycles. The highest BCUT2D eigenvalue weighted by molar-refractivity contribution is 6.65. The second-order valence-corrected chi connectivity index (χ2v) is 11.2. The Kier molecular flexibility index (Phi) is 8.52. The summed E-state index contributed by atoms with van der Waals surface area (Å²) in [6, 6.07) is 0. The molecule has 0 atom stereocenters. The molecule has 0 unspecified atom stereocenters. The summed E-state index contributed by atoms with van der Waals surface area (Å²) in [5, 5.41) is 0. The van der Waals surface area contributed by atoms with Crippen molar-refractivity contribution in [1.82, 2.24) is 0 Å². The molecule has 0 saturated heterocycles. The third kappa shape index (κ3) is 4.76. The molecular weight excluding hydrogens is 678 g/mol. The maximum absolute atomic E-state index is 15.4. The van der Waals surface area contributed by atoms with E-state index in [1.54, 1.807) is 0 Å². The molecule has 0 bridgehead atoms. The summed E-state index contributed by atoms with van der Waals surface area (Å²) in [6.07, 6.45) is 0. The first-order valence-electron chi connectivity index (χ1n) is 10.1. The summed E-state index contributed by atoms with van der Waals surface area (Å²) in [5.41, 5.74) is -12.1. The van der Waals surface area contributed by atoms with Gasteiger partial charge in [0.1, 0.15) is 0 Å². The molecule has 0 fully saturated rings. The van der Waals surface area contributed by atoms with Crippen molar-refractivity contribution in [3.63, 3.8) is 0 Å². The molecule has 3 rings (SSSR count). The van der Waals surface area contributed by atoms with Gasteiger partial charge in [-0.25, -0.2) is 92.2 Å². The van der Waals surface area contributed by atoms with Crippen LogP contribution >= 0.6 is 0 Å². The first kappa shape index (κ1) is 34.2. The van der Waals surface area contributed by atoms with Crippen LogP contribution in [0.4, 0.5) is 92.2 Å². The number of benzene rings is 3. The van der Waals surface area contributed by atoms with E-state index in [2.05, 4.69) is 0 Å². The van der Waals surface area contributed by atoms with Gasteiger partial charge >= 0.3 is 14.1 Å². The van der Waals surface area contributed by atoms with Crippen LogP contribution in [0, 0.1) is 87.3 Å². The molecule has 0 aliphatic heterocycles. The van der Waals surface area contributed by atoms with Gasteiger partial charge in [-0.15, -0.1) is 0 Å². The van der Waals surface area contributed by atoms with Crippen LogP contribution < -0.4 is 0 Å². The second kappa shape index (κ2) is 10.7. The molecule has 234 valence electrons. The fourth-order valence-corrected chi connectivity index (χ4v) is 6.80. The van der Waals surface area contributed by atoms with Gasteiger partial charge in [0.15, 0.2) is 69.8 Å². The Labute approximate surface area is 225 Å². The van der Waals surface area contributed by atoms with Gasteiger partial charge in [-0.05, 0) is 0 Å². The van der Waals surface area contributed by atoms with Crippen LogP contribution in [-0.4, -0.2) is 14.1 Å². The van der Waals surface area contributed by atoms with E-state index >= 15 is 26.3 Å². The Hall–Kier alpha value is -3.28. The first-order chi connectivity index (χ1) is 19.4. The molecule has 0 aliphatic carbocycles. The van der Waals surface area contributed by atoms with Gasteiger partial charge in [-0.3, -0.25) is 0 Å². The first-order valence-corrected chi connectivity index (χ1v) is 11.8. The highest BCUT2D eigenvalue weighted by Gasteiger charge is 2.79. The molecule has 0 radical (unpaired) electrons. The Morgan fingerprint density at radius 2 is 0.349 bits per heavy atom.